The van der Waals surface area contributed by atoms with Crippen molar-refractivity contribution in [3.05, 3.63) is 33.8 Å². The Hall–Kier alpha value is 0.01000. The highest BCUT2D eigenvalue weighted by molar-refractivity contribution is 6.42. The zero-order valence-electron chi connectivity index (χ0n) is 8.81. The Bertz CT molecular complexity index is 320. The highest BCUT2D eigenvalue weighted by Crippen LogP contribution is 2.25. The van der Waals surface area contributed by atoms with Crippen LogP contribution in [0.4, 0.5) is 0 Å². The molecule has 1 aromatic rings. The second-order valence-electron chi connectivity index (χ2n) is 3.19. The van der Waals surface area contributed by atoms with Crippen molar-refractivity contribution >= 4 is 34.8 Å². The summed E-state index contributed by atoms with van der Waals surface area (Å²) in [6.07, 6.45) is 0. The van der Waals surface area contributed by atoms with E-state index in [-0.39, 0.29) is 0 Å². The smallest absolute Gasteiger partial charge is 0.0637 e. The summed E-state index contributed by atoms with van der Waals surface area (Å²) in [6, 6.07) is 5.60. The lowest BCUT2D eigenvalue weighted by atomic mass is 10.2. The summed E-state index contributed by atoms with van der Waals surface area (Å²) in [4.78, 5) is 0. The van der Waals surface area contributed by atoms with Gasteiger partial charge in [-0.1, -0.05) is 35.3 Å². The molecule has 2 nitrogen and oxygen atoms in total. The standard InChI is InChI=1S/C11H14Cl3NO/c12-4-6-16-7-5-15-8-9-2-1-3-10(13)11(9)14/h1-3,15H,4-8H2. The number of alkyl halides is 1. The number of ether oxygens (including phenoxy) is 1. The zero-order chi connectivity index (χ0) is 11.8. The molecule has 0 amide bonds. The molecular formula is C11H14Cl3NO. The first-order valence-electron chi connectivity index (χ1n) is 5.03. The lowest BCUT2D eigenvalue weighted by molar-refractivity contribution is 0.151. The third kappa shape index (κ3) is 4.89. The van der Waals surface area contributed by atoms with Crippen molar-refractivity contribution in [2.75, 3.05) is 25.6 Å². The second-order valence-corrected chi connectivity index (χ2v) is 4.35. The molecule has 0 spiro atoms. The van der Waals surface area contributed by atoms with E-state index in [2.05, 4.69) is 5.32 Å². The molecule has 0 bridgehead atoms. The van der Waals surface area contributed by atoms with E-state index in [1.54, 1.807) is 6.07 Å². The quantitative estimate of drug-likeness (QED) is 0.612. The van der Waals surface area contributed by atoms with Crippen LogP contribution < -0.4 is 5.32 Å². The summed E-state index contributed by atoms with van der Waals surface area (Å²) < 4.78 is 5.22. The second kappa shape index (κ2) is 8.15. The van der Waals surface area contributed by atoms with E-state index in [1.807, 2.05) is 12.1 Å². The molecule has 1 aromatic carbocycles. The molecule has 0 aliphatic rings. The molecule has 1 rings (SSSR count). The Morgan fingerprint density at radius 2 is 2.00 bits per heavy atom. The van der Waals surface area contributed by atoms with Crippen LogP contribution in [0.5, 0.6) is 0 Å². The maximum atomic E-state index is 6.04. The van der Waals surface area contributed by atoms with E-state index >= 15 is 0 Å². The molecule has 0 aromatic heterocycles. The Labute approximate surface area is 111 Å². The molecule has 1 N–H and O–H groups in total. The number of benzene rings is 1. The number of hydrogen-bond donors (Lipinski definition) is 1. The van der Waals surface area contributed by atoms with Gasteiger partial charge in [-0.15, -0.1) is 11.6 Å². The first-order chi connectivity index (χ1) is 7.75. The van der Waals surface area contributed by atoms with Crippen LogP contribution in [0.1, 0.15) is 5.56 Å². The number of rotatable bonds is 7. The van der Waals surface area contributed by atoms with Gasteiger partial charge in [0, 0.05) is 19.0 Å². The topological polar surface area (TPSA) is 21.3 Å². The summed E-state index contributed by atoms with van der Waals surface area (Å²) >= 11 is 17.4. The maximum absolute atomic E-state index is 6.04. The van der Waals surface area contributed by atoms with E-state index in [4.69, 9.17) is 39.5 Å². The third-order valence-electron chi connectivity index (χ3n) is 1.99. The van der Waals surface area contributed by atoms with E-state index in [0.717, 1.165) is 12.1 Å². The van der Waals surface area contributed by atoms with Crippen LogP contribution in [0.3, 0.4) is 0 Å². The van der Waals surface area contributed by atoms with Crippen LogP contribution in [0, 0.1) is 0 Å². The first kappa shape index (κ1) is 14.1. The number of halogens is 3. The highest BCUT2D eigenvalue weighted by atomic mass is 35.5. The Kier molecular flexibility index (Phi) is 7.17. The minimum atomic E-state index is 0.528. The molecule has 0 aliphatic carbocycles. The molecule has 0 unspecified atom stereocenters. The molecule has 0 saturated carbocycles. The van der Waals surface area contributed by atoms with Gasteiger partial charge in [0.05, 0.1) is 23.3 Å². The lowest BCUT2D eigenvalue weighted by Gasteiger charge is -2.07. The predicted molar refractivity (Wildman–Crippen MR) is 69.7 cm³/mol. The molecule has 0 fully saturated rings. The zero-order valence-corrected chi connectivity index (χ0v) is 11.1. The van der Waals surface area contributed by atoms with Crippen molar-refractivity contribution in [2.24, 2.45) is 0 Å². The van der Waals surface area contributed by atoms with Crippen molar-refractivity contribution in [3.63, 3.8) is 0 Å². The van der Waals surface area contributed by atoms with Crippen molar-refractivity contribution < 1.29 is 4.74 Å². The van der Waals surface area contributed by atoms with Gasteiger partial charge in [-0.05, 0) is 11.6 Å². The number of hydrogen-bond acceptors (Lipinski definition) is 2. The van der Waals surface area contributed by atoms with Gasteiger partial charge in [-0.25, -0.2) is 0 Å². The van der Waals surface area contributed by atoms with Crippen LogP contribution >= 0.6 is 34.8 Å². The van der Waals surface area contributed by atoms with E-state index < -0.39 is 0 Å². The van der Waals surface area contributed by atoms with E-state index in [1.165, 1.54) is 0 Å². The van der Waals surface area contributed by atoms with Crippen LogP contribution in [0.25, 0.3) is 0 Å². The summed E-state index contributed by atoms with van der Waals surface area (Å²) in [5.74, 6) is 0.528. The SMILES string of the molecule is ClCCOCCNCc1cccc(Cl)c1Cl. The third-order valence-corrected chi connectivity index (χ3v) is 3.00. The van der Waals surface area contributed by atoms with E-state index in [9.17, 15) is 0 Å². The monoisotopic (exact) mass is 281 g/mol. The minimum absolute atomic E-state index is 0.528. The maximum Gasteiger partial charge on any atom is 0.0637 e. The number of nitrogens with one attached hydrogen (secondary N) is 1. The fraction of sp³-hybridized carbons (Fsp3) is 0.455. The van der Waals surface area contributed by atoms with Crippen molar-refractivity contribution in [3.8, 4) is 0 Å². The predicted octanol–water partition coefficient (Wildman–Crippen LogP) is 3.34. The fourth-order valence-corrected chi connectivity index (χ4v) is 1.71. The minimum Gasteiger partial charge on any atom is -0.379 e. The molecule has 0 aliphatic heterocycles. The Balaban J connectivity index is 2.24. The van der Waals surface area contributed by atoms with Gasteiger partial charge in [0.15, 0.2) is 0 Å². The fourth-order valence-electron chi connectivity index (χ4n) is 1.21. The molecule has 5 heteroatoms. The van der Waals surface area contributed by atoms with Crippen molar-refractivity contribution in [1.82, 2.24) is 5.32 Å². The van der Waals surface area contributed by atoms with Gasteiger partial charge in [-0.2, -0.15) is 0 Å². The molecular weight excluding hydrogens is 268 g/mol. The van der Waals surface area contributed by atoms with Crippen LogP contribution in [-0.2, 0) is 11.3 Å². The van der Waals surface area contributed by atoms with Crippen LogP contribution in [0.2, 0.25) is 10.0 Å². The highest BCUT2D eigenvalue weighted by Gasteiger charge is 2.02. The summed E-state index contributed by atoms with van der Waals surface area (Å²) in [5.41, 5.74) is 0.992. The molecule has 0 heterocycles. The molecule has 16 heavy (non-hydrogen) atoms. The lowest BCUT2D eigenvalue weighted by Crippen LogP contribution is -2.19. The summed E-state index contributed by atoms with van der Waals surface area (Å²) in [6.45, 7) is 2.68. The van der Waals surface area contributed by atoms with E-state index in [0.29, 0.717) is 35.7 Å². The van der Waals surface area contributed by atoms with Gasteiger partial charge in [-0.3, -0.25) is 0 Å². The van der Waals surface area contributed by atoms with Crippen LogP contribution in [-0.4, -0.2) is 25.6 Å². The summed E-state index contributed by atoms with van der Waals surface area (Å²) in [5, 5.41) is 4.41. The largest absolute Gasteiger partial charge is 0.379 e. The molecule has 0 saturated heterocycles. The first-order valence-corrected chi connectivity index (χ1v) is 6.32. The van der Waals surface area contributed by atoms with Gasteiger partial charge >= 0.3 is 0 Å². The normalized spacial score (nSPS) is 10.7. The van der Waals surface area contributed by atoms with Crippen molar-refractivity contribution in [1.29, 1.82) is 0 Å². The van der Waals surface area contributed by atoms with Gasteiger partial charge in [0.1, 0.15) is 0 Å². The van der Waals surface area contributed by atoms with Gasteiger partial charge in [0.25, 0.3) is 0 Å². The average Bonchev–Trinajstić information content (AvgIpc) is 2.29. The van der Waals surface area contributed by atoms with Crippen molar-refractivity contribution in [2.45, 2.75) is 6.54 Å². The molecule has 0 radical (unpaired) electrons. The Morgan fingerprint density at radius 1 is 1.19 bits per heavy atom. The van der Waals surface area contributed by atoms with Gasteiger partial charge < -0.3 is 10.1 Å². The average molecular weight is 283 g/mol. The molecule has 0 atom stereocenters. The Morgan fingerprint density at radius 3 is 2.75 bits per heavy atom. The summed E-state index contributed by atoms with van der Waals surface area (Å²) in [7, 11) is 0. The van der Waals surface area contributed by atoms with Crippen LogP contribution in [0.15, 0.2) is 18.2 Å². The van der Waals surface area contributed by atoms with Gasteiger partial charge in [0.2, 0.25) is 0 Å². The molecule has 90 valence electrons.